The summed E-state index contributed by atoms with van der Waals surface area (Å²) in [5, 5.41) is 20.3. The summed E-state index contributed by atoms with van der Waals surface area (Å²) in [6.45, 7) is 0. The van der Waals surface area contributed by atoms with E-state index in [1.165, 1.54) is 30.5 Å². The third-order valence-corrected chi connectivity index (χ3v) is 4.69. The maximum atomic E-state index is 12.8. The standard InChI is InChI=1S/C24H16F3N5O2/c25-24(26,27)16-7-11-17(12-8-16)29-23-28-14-13-20(30-23)19-3-1-2-4-21(19)32-31-18-9-5-15(6-10-18)22(33)34/h1-14H,(H,33,34)(H,28,29,30)/b32-31+. The summed E-state index contributed by atoms with van der Waals surface area (Å²) >= 11 is 0. The number of rotatable bonds is 6. The summed E-state index contributed by atoms with van der Waals surface area (Å²) in [7, 11) is 0. The van der Waals surface area contributed by atoms with Gasteiger partial charge in [-0.2, -0.15) is 18.3 Å². The lowest BCUT2D eigenvalue weighted by atomic mass is 10.1. The van der Waals surface area contributed by atoms with Crippen molar-refractivity contribution in [3.05, 3.63) is 96.2 Å². The molecule has 0 amide bonds. The number of carboxylic acids is 1. The quantitative estimate of drug-likeness (QED) is 0.299. The van der Waals surface area contributed by atoms with Crippen LogP contribution in [0.5, 0.6) is 0 Å². The van der Waals surface area contributed by atoms with Gasteiger partial charge in [-0.05, 0) is 60.7 Å². The maximum absolute atomic E-state index is 12.8. The first kappa shape index (κ1) is 22.6. The lowest BCUT2D eigenvalue weighted by Crippen LogP contribution is -2.04. The molecule has 0 spiro atoms. The fraction of sp³-hybridized carbons (Fsp3) is 0.0417. The Morgan fingerprint density at radius 1 is 0.882 bits per heavy atom. The Kier molecular flexibility index (Phi) is 6.30. The highest BCUT2D eigenvalue weighted by atomic mass is 19.4. The highest BCUT2D eigenvalue weighted by molar-refractivity contribution is 5.87. The summed E-state index contributed by atoms with van der Waals surface area (Å²) in [6.07, 6.45) is -2.89. The number of aromatic nitrogens is 2. The molecule has 0 radical (unpaired) electrons. The van der Waals surface area contributed by atoms with Gasteiger partial charge in [0.15, 0.2) is 0 Å². The van der Waals surface area contributed by atoms with Crippen LogP contribution in [-0.4, -0.2) is 21.0 Å². The molecule has 170 valence electrons. The summed E-state index contributed by atoms with van der Waals surface area (Å²) in [4.78, 5) is 19.5. The average Bonchev–Trinajstić information content (AvgIpc) is 2.83. The van der Waals surface area contributed by atoms with Crippen molar-refractivity contribution in [2.75, 3.05) is 5.32 Å². The lowest BCUT2D eigenvalue weighted by Gasteiger charge is -2.10. The van der Waals surface area contributed by atoms with Gasteiger partial charge in [0.1, 0.15) is 0 Å². The zero-order valence-electron chi connectivity index (χ0n) is 17.4. The minimum Gasteiger partial charge on any atom is -0.478 e. The fourth-order valence-electron chi connectivity index (χ4n) is 3.00. The molecule has 0 bridgehead atoms. The molecule has 0 unspecified atom stereocenters. The molecule has 0 atom stereocenters. The number of anilines is 2. The van der Waals surface area contributed by atoms with Crippen LogP contribution in [0.3, 0.4) is 0 Å². The predicted molar refractivity (Wildman–Crippen MR) is 120 cm³/mol. The normalized spacial score (nSPS) is 11.5. The molecule has 2 N–H and O–H groups in total. The van der Waals surface area contributed by atoms with Crippen LogP contribution in [-0.2, 0) is 6.18 Å². The Bertz CT molecular complexity index is 1340. The average molecular weight is 463 g/mol. The van der Waals surface area contributed by atoms with Crippen molar-refractivity contribution < 1.29 is 23.1 Å². The van der Waals surface area contributed by atoms with Crippen molar-refractivity contribution in [3.8, 4) is 11.3 Å². The molecule has 34 heavy (non-hydrogen) atoms. The van der Waals surface area contributed by atoms with Crippen molar-refractivity contribution >= 4 is 29.0 Å². The Hall–Kier alpha value is -4.60. The molecule has 0 saturated heterocycles. The third kappa shape index (κ3) is 5.41. The van der Waals surface area contributed by atoms with E-state index in [0.717, 1.165) is 12.1 Å². The number of nitrogens with zero attached hydrogens (tertiary/aromatic N) is 4. The zero-order valence-corrected chi connectivity index (χ0v) is 17.4. The van der Waals surface area contributed by atoms with Gasteiger partial charge < -0.3 is 10.4 Å². The van der Waals surface area contributed by atoms with Gasteiger partial charge in [-0.3, -0.25) is 0 Å². The van der Waals surface area contributed by atoms with Crippen LogP contribution in [0, 0.1) is 0 Å². The molecule has 10 heteroatoms. The highest BCUT2D eigenvalue weighted by Crippen LogP contribution is 2.32. The van der Waals surface area contributed by atoms with Gasteiger partial charge in [0, 0.05) is 17.4 Å². The van der Waals surface area contributed by atoms with Crippen molar-refractivity contribution in [1.82, 2.24) is 9.97 Å². The van der Waals surface area contributed by atoms with Crippen LogP contribution in [0.1, 0.15) is 15.9 Å². The summed E-state index contributed by atoms with van der Waals surface area (Å²) in [5.74, 6) is -0.827. The number of benzene rings is 3. The first-order valence-electron chi connectivity index (χ1n) is 9.91. The van der Waals surface area contributed by atoms with E-state index in [1.54, 1.807) is 42.5 Å². The molecule has 0 aliphatic carbocycles. The monoisotopic (exact) mass is 463 g/mol. The molecule has 0 aliphatic heterocycles. The number of halogens is 3. The van der Waals surface area contributed by atoms with Crippen molar-refractivity contribution in [2.24, 2.45) is 10.2 Å². The van der Waals surface area contributed by atoms with Crippen molar-refractivity contribution in [2.45, 2.75) is 6.18 Å². The largest absolute Gasteiger partial charge is 0.478 e. The summed E-state index contributed by atoms with van der Waals surface area (Å²) < 4.78 is 38.3. The molecule has 0 fully saturated rings. The van der Waals surface area contributed by atoms with E-state index in [-0.39, 0.29) is 11.5 Å². The number of carboxylic acid groups (broad SMARTS) is 1. The lowest BCUT2D eigenvalue weighted by molar-refractivity contribution is -0.137. The first-order valence-corrected chi connectivity index (χ1v) is 9.91. The van der Waals surface area contributed by atoms with Crippen LogP contribution in [0.25, 0.3) is 11.3 Å². The summed E-state index contributed by atoms with van der Waals surface area (Å²) in [5.41, 5.74) is 1.99. The SMILES string of the molecule is O=C(O)c1ccc(/N=N/c2ccccc2-c2ccnc(Nc3ccc(C(F)(F)F)cc3)n2)cc1. The minimum atomic E-state index is -4.41. The van der Waals surface area contributed by atoms with Crippen molar-refractivity contribution in [1.29, 1.82) is 0 Å². The number of carbonyl (C=O) groups is 1. The number of nitrogens with one attached hydrogen (secondary N) is 1. The summed E-state index contributed by atoms with van der Waals surface area (Å²) in [6, 6.07) is 19.3. The number of hydrogen-bond acceptors (Lipinski definition) is 6. The van der Waals surface area contributed by atoms with Gasteiger partial charge in [-0.1, -0.05) is 18.2 Å². The predicted octanol–water partition coefficient (Wildman–Crippen LogP) is 7.02. The molecular formula is C24H16F3N5O2. The molecule has 3 aromatic carbocycles. The molecule has 1 heterocycles. The molecule has 7 nitrogen and oxygen atoms in total. The Morgan fingerprint density at radius 2 is 1.59 bits per heavy atom. The van der Waals surface area contributed by atoms with Gasteiger partial charge in [0.05, 0.1) is 28.2 Å². The molecular weight excluding hydrogens is 447 g/mol. The van der Waals surface area contributed by atoms with E-state index in [1.807, 2.05) is 0 Å². The smallest absolute Gasteiger partial charge is 0.416 e. The van der Waals surface area contributed by atoms with Crippen LogP contribution in [0.15, 0.2) is 95.3 Å². The van der Waals surface area contributed by atoms with Crippen LogP contribution < -0.4 is 5.32 Å². The number of alkyl halides is 3. The van der Waals surface area contributed by atoms with Gasteiger partial charge in [-0.25, -0.2) is 14.8 Å². The fourth-order valence-corrected chi connectivity index (χ4v) is 3.00. The molecule has 4 aromatic rings. The van der Waals surface area contributed by atoms with E-state index in [4.69, 9.17) is 5.11 Å². The Labute approximate surface area is 191 Å². The van der Waals surface area contributed by atoms with E-state index in [2.05, 4.69) is 25.5 Å². The van der Waals surface area contributed by atoms with Crippen molar-refractivity contribution in [3.63, 3.8) is 0 Å². The first-order chi connectivity index (χ1) is 16.3. The minimum absolute atomic E-state index is 0.147. The topological polar surface area (TPSA) is 99.8 Å². The highest BCUT2D eigenvalue weighted by Gasteiger charge is 2.29. The second kappa shape index (κ2) is 9.49. The van der Waals surface area contributed by atoms with E-state index >= 15 is 0 Å². The molecule has 4 rings (SSSR count). The molecule has 1 aromatic heterocycles. The van der Waals surface area contributed by atoms with Crippen LogP contribution in [0.2, 0.25) is 0 Å². The van der Waals surface area contributed by atoms with E-state index in [9.17, 15) is 18.0 Å². The van der Waals surface area contributed by atoms with Gasteiger partial charge >= 0.3 is 12.1 Å². The molecule has 0 saturated carbocycles. The number of azo groups is 1. The van der Waals surface area contributed by atoms with Gasteiger partial charge in [-0.15, -0.1) is 5.11 Å². The Morgan fingerprint density at radius 3 is 2.26 bits per heavy atom. The van der Waals surface area contributed by atoms with Crippen LogP contribution in [0.4, 0.5) is 36.2 Å². The maximum Gasteiger partial charge on any atom is 0.416 e. The van der Waals surface area contributed by atoms with Gasteiger partial charge in [0.25, 0.3) is 0 Å². The number of aromatic carboxylic acids is 1. The van der Waals surface area contributed by atoms with Crippen LogP contribution >= 0.6 is 0 Å². The second-order valence-electron chi connectivity index (χ2n) is 7.03. The second-order valence-corrected chi connectivity index (χ2v) is 7.03. The number of hydrogen-bond donors (Lipinski definition) is 2. The zero-order chi connectivity index (χ0) is 24.1. The Balaban J connectivity index is 1.56. The van der Waals surface area contributed by atoms with E-state index < -0.39 is 17.7 Å². The van der Waals surface area contributed by atoms with Gasteiger partial charge in [0.2, 0.25) is 5.95 Å². The molecule has 0 aliphatic rings. The third-order valence-electron chi connectivity index (χ3n) is 4.69. The van der Waals surface area contributed by atoms with E-state index in [0.29, 0.717) is 28.3 Å².